The van der Waals surface area contributed by atoms with Crippen molar-refractivity contribution in [2.75, 3.05) is 18.9 Å². The molecule has 2 aromatic carbocycles. The first kappa shape index (κ1) is 15.5. The smallest absolute Gasteiger partial charge is 0.338 e. The molecule has 4 nitrogen and oxygen atoms in total. The summed E-state index contributed by atoms with van der Waals surface area (Å²) >= 11 is 11.5. The maximum Gasteiger partial charge on any atom is 0.338 e. The lowest BCUT2D eigenvalue weighted by atomic mass is 10.2. The lowest BCUT2D eigenvalue weighted by molar-refractivity contribution is 0.0450. The normalized spacial score (nSPS) is 10.2. The standard InChI is InChI=1S/C15H13Cl2NO3/c16-11-2-4-12(5-3-11)20-7-8-21-15(19)10-1-6-13(17)14(18)9-10/h1-6,9H,7-8,18H2. The fourth-order valence-corrected chi connectivity index (χ4v) is 1.82. The van der Waals surface area contributed by atoms with Crippen molar-refractivity contribution in [3.8, 4) is 5.75 Å². The van der Waals surface area contributed by atoms with Crippen LogP contribution in [-0.2, 0) is 4.74 Å². The Morgan fingerprint density at radius 1 is 1.05 bits per heavy atom. The summed E-state index contributed by atoms with van der Waals surface area (Å²) in [5.74, 6) is 0.184. The Morgan fingerprint density at radius 3 is 2.43 bits per heavy atom. The Bertz CT molecular complexity index is 629. The quantitative estimate of drug-likeness (QED) is 0.516. The fraction of sp³-hybridized carbons (Fsp3) is 0.133. The van der Waals surface area contributed by atoms with Gasteiger partial charge in [-0.1, -0.05) is 23.2 Å². The largest absolute Gasteiger partial charge is 0.490 e. The molecule has 6 heteroatoms. The van der Waals surface area contributed by atoms with Crippen LogP contribution in [-0.4, -0.2) is 19.2 Å². The third-order valence-electron chi connectivity index (χ3n) is 2.63. The fourth-order valence-electron chi connectivity index (χ4n) is 1.58. The molecule has 0 radical (unpaired) electrons. The van der Waals surface area contributed by atoms with Crippen LogP contribution in [0, 0.1) is 0 Å². The van der Waals surface area contributed by atoms with E-state index in [-0.39, 0.29) is 13.2 Å². The maximum atomic E-state index is 11.8. The molecular weight excluding hydrogens is 313 g/mol. The van der Waals surface area contributed by atoms with Gasteiger partial charge in [-0.25, -0.2) is 4.79 Å². The second kappa shape index (κ2) is 7.20. The van der Waals surface area contributed by atoms with E-state index in [9.17, 15) is 4.79 Å². The van der Waals surface area contributed by atoms with Gasteiger partial charge in [0.2, 0.25) is 0 Å². The van der Waals surface area contributed by atoms with Crippen LogP contribution in [0.15, 0.2) is 42.5 Å². The van der Waals surface area contributed by atoms with Crippen LogP contribution in [0.1, 0.15) is 10.4 Å². The Hall–Kier alpha value is -1.91. The van der Waals surface area contributed by atoms with Crippen LogP contribution in [0.5, 0.6) is 5.75 Å². The van der Waals surface area contributed by atoms with E-state index in [4.69, 9.17) is 38.4 Å². The van der Waals surface area contributed by atoms with Crippen molar-refractivity contribution in [2.45, 2.75) is 0 Å². The minimum absolute atomic E-state index is 0.129. The van der Waals surface area contributed by atoms with Gasteiger partial charge >= 0.3 is 5.97 Å². The van der Waals surface area contributed by atoms with E-state index in [1.807, 2.05) is 0 Å². The molecule has 0 atom stereocenters. The lowest BCUT2D eigenvalue weighted by Gasteiger charge is -2.08. The molecule has 0 amide bonds. The van der Waals surface area contributed by atoms with Gasteiger partial charge in [-0.3, -0.25) is 0 Å². The van der Waals surface area contributed by atoms with Gasteiger partial charge in [-0.15, -0.1) is 0 Å². The van der Waals surface area contributed by atoms with Crippen LogP contribution in [0.25, 0.3) is 0 Å². The molecular formula is C15H13Cl2NO3. The average Bonchev–Trinajstić information content (AvgIpc) is 2.48. The molecule has 2 N–H and O–H groups in total. The second-order valence-corrected chi connectivity index (χ2v) is 5.02. The number of carbonyl (C=O) groups excluding carboxylic acids is 1. The number of esters is 1. The molecule has 0 aromatic heterocycles. The summed E-state index contributed by atoms with van der Waals surface area (Å²) in [5, 5.41) is 1.03. The monoisotopic (exact) mass is 325 g/mol. The molecule has 21 heavy (non-hydrogen) atoms. The first-order valence-electron chi connectivity index (χ1n) is 6.17. The van der Waals surface area contributed by atoms with E-state index in [0.29, 0.717) is 27.0 Å². The summed E-state index contributed by atoms with van der Waals surface area (Å²) in [7, 11) is 0. The minimum atomic E-state index is -0.474. The highest BCUT2D eigenvalue weighted by molar-refractivity contribution is 6.33. The first-order valence-corrected chi connectivity index (χ1v) is 6.92. The summed E-state index contributed by atoms with van der Waals surface area (Å²) in [6.07, 6.45) is 0. The molecule has 2 rings (SSSR count). The molecule has 110 valence electrons. The zero-order chi connectivity index (χ0) is 15.2. The van der Waals surface area contributed by atoms with Crippen LogP contribution in [0.2, 0.25) is 10.0 Å². The van der Waals surface area contributed by atoms with Gasteiger partial charge in [0.1, 0.15) is 19.0 Å². The molecule has 0 aliphatic heterocycles. The number of ether oxygens (including phenoxy) is 2. The molecule has 0 aliphatic rings. The van der Waals surface area contributed by atoms with Crippen molar-refractivity contribution in [2.24, 2.45) is 0 Å². The van der Waals surface area contributed by atoms with Crippen LogP contribution in [0.3, 0.4) is 0 Å². The van der Waals surface area contributed by atoms with Crippen molar-refractivity contribution >= 4 is 34.9 Å². The summed E-state index contributed by atoms with van der Waals surface area (Å²) in [5.41, 5.74) is 6.31. The number of nitrogens with two attached hydrogens (primary N) is 1. The molecule has 0 fully saturated rings. The van der Waals surface area contributed by atoms with Crippen LogP contribution < -0.4 is 10.5 Å². The van der Waals surface area contributed by atoms with Gasteiger partial charge in [-0.2, -0.15) is 0 Å². The SMILES string of the molecule is Nc1cc(C(=O)OCCOc2ccc(Cl)cc2)ccc1Cl. The van der Waals surface area contributed by atoms with Crippen LogP contribution >= 0.6 is 23.2 Å². The Kier molecular flexibility index (Phi) is 5.31. The Balaban J connectivity index is 1.79. The molecule has 0 spiro atoms. The van der Waals surface area contributed by atoms with Gasteiger partial charge in [0.05, 0.1) is 16.3 Å². The Morgan fingerprint density at radius 2 is 1.76 bits per heavy atom. The molecule has 0 bridgehead atoms. The van der Waals surface area contributed by atoms with Crippen molar-refractivity contribution in [1.82, 2.24) is 0 Å². The second-order valence-electron chi connectivity index (χ2n) is 4.17. The molecule has 2 aromatic rings. The van der Waals surface area contributed by atoms with Gasteiger partial charge in [0.15, 0.2) is 0 Å². The topological polar surface area (TPSA) is 61.6 Å². The number of hydrogen-bond donors (Lipinski definition) is 1. The van der Waals surface area contributed by atoms with Gasteiger partial charge < -0.3 is 15.2 Å². The Labute approximate surface area is 132 Å². The van der Waals surface area contributed by atoms with E-state index in [1.54, 1.807) is 36.4 Å². The number of rotatable bonds is 5. The molecule has 0 heterocycles. The molecule has 0 unspecified atom stereocenters. The predicted octanol–water partition coefficient (Wildman–Crippen LogP) is 3.81. The number of nitrogen functional groups attached to an aromatic ring is 1. The van der Waals surface area contributed by atoms with E-state index >= 15 is 0 Å². The van der Waals surface area contributed by atoms with Crippen molar-refractivity contribution in [1.29, 1.82) is 0 Å². The maximum absolute atomic E-state index is 11.8. The van der Waals surface area contributed by atoms with E-state index in [2.05, 4.69) is 0 Å². The van der Waals surface area contributed by atoms with Crippen molar-refractivity contribution in [3.05, 3.63) is 58.1 Å². The van der Waals surface area contributed by atoms with E-state index in [1.165, 1.54) is 6.07 Å². The zero-order valence-electron chi connectivity index (χ0n) is 11.0. The van der Waals surface area contributed by atoms with Gasteiger partial charge in [0.25, 0.3) is 0 Å². The average molecular weight is 326 g/mol. The lowest BCUT2D eigenvalue weighted by Crippen LogP contribution is -2.12. The van der Waals surface area contributed by atoms with Crippen molar-refractivity contribution < 1.29 is 14.3 Å². The highest BCUT2D eigenvalue weighted by atomic mass is 35.5. The minimum Gasteiger partial charge on any atom is -0.490 e. The highest BCUT2D eigenvalue weighted by Crippen LogP contribution is 2.20. The third-order valence-corrected chi connectivity index (χ3v) is 3.23. The summed E-state index contributed by atoms with van der Waals surface area (Å²) < 4.78 is 10.5. The van der Waals surface area contributed by atoms with E-state index in [0.717, 1.165) is 0 Å². The van der Waals surface area contributed by atoms with E-state index < -0.39 is 5.97 Å². The number of carbonyl (C=O) groups is 1. The highest BCUT2D eigenvalue weighted by Gasteiger charge is 2.08. The summed E-state index contributed by atoms with van der Waals surface area (Å²) in [4.78, 5) is 11.8. The number of halogens is 2. The summed E-state index contributed by atoms with van der Waals surface area (Å²) in [6.45, 7) is 0.375. The zero-order valence-corrected chi connectivity index (χ0v) is 12.5. The first-order chi connectivity index (χ1) is 10.1. The molecule has 0 saturated carbocycles. The summed E-state index contributed by atoms with van der Waals surface area (Å²) in [6, 6.07) is 11.5. The van der Waals surface area contributed by atoms with Gasteiger partial charge in [0, 0.05) is 5.02 Å². The third kappa shape index (κ3) is 4.55. The molecule has 0 saturated heterocycles. The number of benzene rings is 2. The van der Waals surface area contributed by atoms with Crippen LogP contribution in [0.4, 0.5) is 5.69 Å². The number of hydrogen-bond acceptors (Lipinski definition) is 4. The predicted molar refractivity (Wildman–Crippen MR) is 83.1 cm³/mol. The van der Waals surface area contributed by atoms with Gasteiger partial charge in [-0.05, 0) is 42.5 Å². The van der Waals surface area contributed by atoms with Crippen molar-refractivity contribution in [3.63, 3.8) is 0 Å². The number of anilines is 1. The molecule has 0 aliphatic carbocycles.